The first-order chi connectivity index (χ1) is 8.49. The molecule has 3 rings (SSSR count). The van der Waals surface area contributed by atoms with Crippen LogP contribution in [0.3, 0.4) is 0 Å². The number of benzene rings is 1. The van der Waals surface area contributed by atoms with E-state index in [-0.39, 0.29) is 5.92 Å². The molecule has 0 unspecified atom stereocenters. The Hall–Kier alpha value is -1.10. The van der Waals surface area contributed by atoms with Crippen molar-refractivity contribution in [3.8, 4) is 0 Å². The fourth-order valence-electron chi connectivity index (χ4n) is 2.80. The summed E-state index contributed by atoms with van der Waals surface area (Å²) in [5.41, 5.74) is 0.507. The van der Waals surface area contributed by atoms with Gasteiger partial charge in [-0.3, -0.25) is 0 Å². The van der Waals surface area contributed by atoms with E-state index in [1.165, 1.54) is 0 Å². The lowest BCUT2D eigenvalue weighted by Crippen LogP contribution is -2.37. The normalized spacial score (nSPS) is 38.2. The Balaban J connectivity index is 1.94. The first-order valence-corrected chi connectivity index (χ1v) is 6.27. The summed E-state index contributed by atoms with van der Waals surface area (Å²) in [4.78, 5) is 5.30. The van der Waals surface area contributed by atoms with Gasteiger partial charge in [-0.25, -0.2) is 0 Å². The highest BCUT2D eigenvalue weighted by Crippen LogP contribution is 2.42. The molecule has 0 saturated heterocycles. The topological polar surface area (TPSA) is 62.0 Å². The lowest BCUT2D eigenvalue weighted by molar-refractivity contribution is -0.0738. The van der Waals surface area contributed by atoms with Crippen molar-refractivity contribution in [2.75, 3.05) is 0 Å². The van der Waals surface area contributed by atoms with Gasteiger partial charge in [0.25, 0.3) is 0 Å². The molecule has 4 atom stereocenters. The maximum atomic E-state index is 10.2. The molecule has 1 heterocycles. The molecule has 0 bridgehead atoms. The van der Waals surface area contributed by atoms with Crippen molar-refractivity contribution in [3.05, 3.63) is 34.9 Å². The summed E-state index contributed by atoms with van der Waals surface area (Å²) in [6.07, 6.45) is -0.810. The molecular weight excluding hydrogens is 254 g/mol. The van der Waals surface area contributed by atoms with Crippen molar-refractivity contribution in [3.63, 3.8) is 0 Å². The maximum Gasteiger partial charge on any atom is 0.166 e. The highest BCUT2D eigenvalue weighted by Gasteiger charge is 2.56. The summed E-state index contributed by atoms with van der Waals surface area (Å²) in [6.45, 7) is 1.67. The van der Waals surface area contributed by atoms with E-state index in [1.807, 2.05) is 12.1 Å². The molecule has 1 aliphatic heterocycles. The van der Waals surface area contributed by atoms with Crippen molar-refractivity contribution in [1.29, 1.82) is 0 Å². The van der Waals surface area contributed by atoms with Gasteiger partial charge in [0.2, 0.25) is 0 Å². The molecule has 1 aliphatic carbocycles. The third-order valence-electron chi connectivity index (χ3n) is 3.70. The summed E-state index contributed by atoms with van der Waals surface area (Å²) < 4.78 is 0. The quantitative estimate of drug-likeness (QED) is 0.812. The second-order valence-corrected chi connectivity index (χ2v) is 5.60. The summed E-state index contributed by atoms with van der Waals surface area (Å²) in [5.74, 6) is -0.277. The van der Waals surface area contributed by atoms with Crippen LogP contribution in [0.25, 0.3) is 0 Å². The summed E-state index contributed by atoms with van der Waals surface area (Å²) in [7, 11) is 0. The summed E-state index contributed by atoms with van der Waals surface area (Å²) in [5, 5.41) is 24.9. The van der Waals surface area contributed by atoms with Crippen molar-refractivity contribution < 1.29 is 15.1 Å². The minimum absolute atomic E-state index is 0.277. The SMILES string of the molecule is C[C@]1(O)C[C@@H](O)[C@@H]2C(c3ccc(Cl)cc3)=NO[C@@H]21. The van der Waals surface area contributed by atoms with Crippen molar-refractivity contribution >= 4 is 17.3 Å². The van der Waals surface area contributed by atoms with Gasteiger partial charge in [0.05, 0.1) is 17.7 Å². The number of fused-ring (bicyclic) bond motifs is 1. The van der Waals surface area contributed by atoms with E-state index in [9.17, 15) is 10.2 Å². The van der Waals surface area contributed by atoms with Crippen molar-refractivity contribution in [2.45, 2.75) is 31.2 Å². The molecule has 0 spiro atoms. The van der Waals surface area contributed by atoms with E-state index >= 15 is 0 Å². The molecule has 18 heavy (non-hydrogen) atoms. The predicted octanol–water partition coefficient (Wildman–Crippen LogP) is 1.57. The van der Waals surface area contributed by atoms with Gasteiger partial charge in [-0.1, -0.05) is 28.9 Å². The Kier molecular flexibility index (Phi) is 2.62. The van der Waals surface area contributed by atoms with Crippen LogP contribution in [0.2, 0.25) is 5.02 Å². The molecule has 0 aromatic heterocycles. The molecule has 2 N–H and O–H groups in total. The average Bonchev–Trinajstić information content (AvgIpc) is 2.82. The first-order valence-electron chi connectivity index (χ1n) is 5.89. The van der Waals surface area contributed by atoms with Crippen LogP contribution in [-0.2, 0) is 4.84 Å². The highest BCUT2D eigenvalue weighted by molar-refractivity contribution is 6.30. The molecule has 1 saturated carbocycles. The minimum Gasteiger partial charge on any atom is -0.392 e. The van der Waals surface area contributed by atoms with Gasteiger partial charge in [-0.2, -0.15) is 0 Å². The molecule has 0 amide bonds. The van der Waals surface area contributed by atoms with Crippen LogP contribution < -0.4 is 0 Å². The standard InChI is InChI=1S/C13H14ClNO3/c1-13(17)6-9(16)10-11(15-18-12(10)13)7-2-4-8(14)5-3-7/h2-5,9-10,12,16-17H,6H2,1H3/t9-,10-,12+,13+/m1/s1. The number of hydrogen-bond acceptors (Lipinski definition) is 4. The smallest absolute Gasteiger partial charge is 0.166 e. The number of hydrogen-bond donors (Lipinski definition) is 2. The zero-order chi connectivity index (χ0) is 12.9. The maximum absolute atomic E-state index is 10.2. The van der Waals surface area contributed by atoms with Crippen LogP contribution >= 0.6 is 11.6 Å². The molecule has 2 aliphatic rings. The zero-order valence-corrected chi connectivity index (χ0v) is 10.6. The molecule has 5 heteroatoms. The Bertz CT molecular complexity index is 497. The van der Waals surface area contributed by atoms with E-state index in [0.717, 1.165) is 5.56 Å². The van der Waals surface area contributed by atoms with Gasteiger partial charge in [-0.15, -0.1) is 0 Å². The number of oxime groups is 1. The monoisotopic (exact) mass is 267 g/mol. The number of aliphatic hydroxyl groups is 2. The minimum atomic E-state index is -1.04. The number of halogens is 1. The lowest BCUT2D eigenvalue weighted by Gasteiger charge is -2.21. The summed E-state index contributed by atoms with van der Waals surface area (Å²) >= 11 is 5.84. The van der Waals surface area contributed by atoms with Gasteiger partial charge >= 0.3 is 0 Å². The van der Waals surface area contributed by atoms with Crippen LogP contribution in [-0.4, -0.2) is 33.7 Å². The molecule has 1 aromatic carbocycles. The second kappa shape index (κ2) is 3.95. The van der Waals surface area contributed by atoms with Crippen LogP contribution in [0.1, 0.15) is 18.9 Å². The van der Waals surface area contributed by atoms with E-state index in [0.29, 0.717) is 17.2 Å². The fourth-order valence-corrected chi connectivity index (χ4v) is 2.93. The number of rotatable bonds is 1. The molecule has 96 valence electrons. The summed E-state index contributed by atoms with van der Waals surface area (Å²) in [6, 6.07) is 7.22. The molecule has 4 nitrogen and oxygen atoms in total. The fraction of sp³-hybridized carbons (Fsp3) is 0.462. The zero-order valence-electron chi connectivity index (χ0n) is 9.88. The van der Waals surface area contributed by atoms with Gasteiger partial charge in [0.15, 0.2) is 6.10 Å². The van der Waals surface area contributed by atoms with Gasteiger partial charge in [-0.05, 0) is 24.6 Å². The lowest BCUT2D eigenvalue weighted by atomic mass is 9.91. The molecule has 1 fully saturated rings. The first kappa shape index (κ1) is 12.0. The Labute approximate surface area is 110 Å². The van der Waals surface area contributed by atoms with E-state index in [1.54, 1.807) is 19.1 Å². The largest absolute Gasteiger partial charge is 0.392 e. The van der Waals surface area contributed by atoms with E-state index < -0.39 is 17.8 Å². The van der Waals surface area contributed by atoms with Crippen molar-refractivity contribution in [2.24, 2.45) is 11.1 Å². The predicted molar refractivity (Wildman–Crippen MR) is 67.6 cm³/mol. The van der Waals surface area contributed by atoms with Gasteiger partial charge < -0.3 is 15.1 Å². The molecular formula is C13H14ClNO3. The Morgan fingerprint density at radius 3 is 2.72 bits per heavy atom. The highest BCUT2D eigenvalue weighted by atomic mass is 35.5. The van der Waals surface area contributed by atoms with E-state index in [4.69, 9.17) is 16.4 Å². The second-order valence-electron chi connectivity index (χ2n) is 5.16. The van der Waals surface area contributed by atoms with Crippen LogP contribution in [0.4, 0.5) is 0 Å². The van der Waals surface area contributed by atoms with Crippen LogP contribution in [0.5, 0.6) is 0 Å². The number of aliphatic hydroxyl groups excluding tert-OH is 1. The average molecular weight is 268 g/mol. The van der Waals surface area contributed by atoms with Crippen molar-refractivity contribution in [1.82, 2.24) is 0 Å². The molecule has 0 radical (unpaired) electrons. The Morgan fingerprint density at radius 2 is 2.06 bits per heavy atom. The van der Waals surface area contributed by atoms with Crippen LogP contribution in [0.15, 0.2) is 29.4 Å². The van der Waals surface area contributed by atoms with Gasteiger partial charge in [0.1, 0.15) is 5.60 Å². The van der Waals surface area contributed by atoms with E-state index in [2.05, 4.69) is 5.16 Å². The Morgan fingerprint density at radius 1 is 1.39 bits per heavy atom. The third kappa shape index (κ3) is 1.72. The third-order valence-corrected chi connectivity index (χ3v) is 3.95. The van der Waals surface area contributed by atoms with Crippen LogP contribution in [0, 0.1) is 5.92 Å². The van der Waals surface area contributed by atoms with Gasteiger partial charge in [0, 0.05) is 11.4 Å². The molecule has 1 aromatic rings. The number of nitrogens with zero attached hydrogens (tertiary/aromatic N) is 1.